The van der Waals surface area contributed by atoms with E-state index in [-0.39, 0.29) is 12.6 Å². The van der Waals surface area contributed by atoms with Gasteiger partial charge in [0.2, 0.25) is 0 Å². The molecule has 0 aliphatic carbocycles. The number of H-pyrrole nitrogens is 1. The van der Waals surface area contributed by atoms with Crippen molar-refractivity contribution in [3.8, 4) is 0 Å². The topological polar surface area (TPSA) is 47.1 Å². The molecule has 3 heterocycles. The number of hydrogen-bond acceptors (Lipinski definition) is 5. The molecule has 0 radical (unpaired) electrons. The van der Waals surface area contributed by atoms with E-state index >= 15 is 0 Å². The van der Waals surface area contributed by atoms with Gasteiger partial charge < -0.3 is 19.5 Å². The molecule has 1 atom stereocenters. The fraction of sp³-hybridized carbons (Fsp3) is 0.393. The number of ether oxygens (including phenoxy) is 1. The van der Waals surface area contributed by atoms with Gasteiger partial charge in [-0.15, -0.1) is 0 Å². The van der Waals surface area contributed by atoms with Gasteiger partial charge in [-0.1, -0.05) is 29.8 Å². The quantitative estimate of drug-likeness (QED) is 0.393. The lowest BCUT2D eigenvalue weighted by Gasteiger charge is -2.35. The van der Waals surface area contributed by atoms with E-state index in [4.69, 9.17) is 16.3 Å². The Hall–Kier alpha value is -2.94. The molecule has 0 amide bonds. The monoisotopic (exact) mass is 529 g/mol. The first-order valence-electron chi connectivity index (χ1n) is 12.4. The zero-order valence-electron chi connectivity index (χ0n) is 21.3. The van der Waals surface area contributed by atoms with Gasteiger partial charge in [-0.3, -0.25) is 4.90 Å². The fourth-order valence-corrected chi connectivity index (χ4v) is 5.01. The van der Waals surface area contributed by atoms with Crippen LogP contribution in [0.25, 0.3) is 11.6 Å². The van der Waals surface area contributed by atoms with E-state index in [0.717, 1.165) is 60.1 Å². The number of alkyl halides is 2. The number of aromatic nitrogens is 1. The molecule has 0 bridgehead atoms. The summed E-state index contributed by atoms with van der Waals surface area (Å²) in [6.45, 7) is 9.80. The fourth-order valence-electron chi connectivity index (χ4n) is 4.82. The number of aliphatic imine (C=N–C) groups is 1. The first-order valence-corrected chi connectivity index (χ1v) is 12.8. The molecule has 1 N–H and O–H groups in total. The molecule has 2 aliphatic heterocycles. The van der Waals surface area contributed by atoms with Crippen LogP contribution >= 0.6 is 11.6 Å². The van der Waals surface area contributed by atoms with Crippen LogP contribution in [0, 0.1) is 0 Å². The molecule has 0 spiro atoms. The molecule has 6 nitrogen and oxygen atoms in total. The first-order chi connectivity index (χ1) is 17.9. The lowest BCUT2D eigenvalue weighted by molar-refractivity contribution is 0.0542. The van der Waals surface area contributed by atoms with E-state index in [1.807, 2.05) is 36.7 Å². The second-order valence-electron chi connectivity index (χ2n) is 9.36. The van der Waals surface area contributed by atoms with Crippen molar-refractivity contribution >= 4 is 35.8 Å². The summed E-state index contributed by atoms with van der Waals surface area (Å²) < 4.78 is 31.6. The van der Waals surface area contributed by atoms with Gasteiger partial charge in [0.15, 0.2) is 0 Å². The third kappa shape index (κ3) is 6.89. The van der Waals surface area contributed by atoms with Crippen molar-refractivity contribution in [3.63, 3.8) is 0 Å². The summed E-state index contributed by atoms with van der Waals surface area (Å²) >= 11 is 6.27. The van der Waals surface area contributed by atoms with Crippen molar-refractivity contribution in [1.29, 1.82) is 0 Å². The molecule has 1 unspecified atom stereocenters. The summed E-state index contributed by atoms with van der Waals surface area (Å²) in [6.07, 6.45) is 7.97. The number of morpholine rings is 1. The number of hydrogen-bond donors (Lipinski definition) is 1. The minimum Gasteiger partial charge on any atom is -0.378 e. The van der Waals surface area contributed by atoms with E-state index in [0.29, 0.717) is 18.1 Å². The van der Waals surface area contributed by atoms with Crippen LogP contribution in [0.3, 0.4) is 0 Å². The van der Waals surface area contributed by atoms with Gasteiger partial charge in [-0.2, -0.15) is 0 Å². The largest absolute Gasteiger partial charge is 0.378 e. The Morgan fingerprint density at radius 2 is 2.08 bits per heavy atom. The third-order valence-electron chi connectivity index (χ3n) is 6.77. The number of nitrogens with one attached hydrogen (secondary N) is 1. The molecule has 9 heteroatoms. The molecule has 1 saturated heterocycles. The van der Waals surface area contributed by atoms with Gasteiger partial charge >= 0.3 is 0 Å². The second kappa shape index (κ2) is 12.5. The van der Waals surface area contributed by atoms with Crippen molar-refractivity contribution < 1.29 is 13.5 Å². The Labute approximate surface area is 222 Å². The van der Waals surface area contributed by atoms with Crippen molar-refractivity contribution in [2.24, 2.45) is 4.99 Å². The molecule has 0 saturated carbocycles. The molecule has 2 aromatic rings. The Kier molecular flexibility index (Phi) is 9.18. The van der Waals surface area contributed by atoms with E-state index in [2.05, 4.69) is 51.6 Å². The van der Waals surface area contributed by atoms with Crippen LogP contribution in [0.2, 0.25) is 5.02 Å². The minimum atomic E-state index is -2.39. The zero-order chi connectivity index (χ0) is 26.4. The highest BCUT2D eigenvalue weighted by Gasteiger charge is 2.23. The number of nitrogens with zero attached hydrogens (tertiary/aromatic N) is 4. The van der Waals surface area contributed by atoms with Gasteiger partial charge in [0, 0.05) is 60.4 Å². The maximum atomic E-state index is 13.0. The average molecular weight is 530 g/mol. The van der Waals surface area contributed by atoms with Crippen LogP contribution in [0.4, 0.5) is 14.6 Å². The van der Waals surface area contributed by atoms with Crippen molar-refractivity contribution in [2.45, 2.75) is 19.4 Å². The van der Waals surface area contributed by atoms with Gasteiger partial charge in [0.25, 0.3) is 6.43 Å². The lowest BCUT2D eigenvalue weighted by Crippen LogP contribution is -2.36. The number of aromatic amines is 1. The van der Waals surface area contributed by atoms with Gasteiger partial charge in [-0.05, 0) is 56.1 Å². The summed E-state index contributed by atoms with van der Waals surface area (Å²) in [4.78, 5) is 13.6. The van der Waals surface area contributed by atoms with E-state index in [1.54, 1.807) is 11.9 Å². The molecule has 37 heavy (non-hydrogen) atoms. The van der Waals surface area contributed by atoms with Crippen LogP contribution in [0.5, 0.6) is 0 Å². The molecule has 4 rings (SSSR count). The van der Waals surface area contributed by atoms with E-state index < -0.39 is 6.43 Å². The van der Waals surface area contributed by atoms with Crippen LogP contribution in [-0.4, -0.2) is 85.8 Å². The standard InChI is InChI=1S/C28H34ClF2N5O/c1-20(35-11-13-37-14-12-35)15-24-25(17-33-28(24)32-2)21-7-9-36(10-8-21)26(18-34(3)19-27(30)31)22-5-4-6-23(29)16-22/h4-9,15-17,26-27,33H,2,10-14,18-19H2,1,3H3/b20-15+. The van der Waals surface area contributed by atoms with Gasteiger partial charge in [0.05, 0.1) is 25.8 Å². The highest BCUT2D eigenvalue weighted by atomic mass is 35.5. The van der Waals surface area contributed by atoms with E-state index in [9.17, 15) is 8.78 Å². The summed E-state index contributed by atoms with van der Waals surface area (Å²) in [6, 6.07) is 7.48. The third-order valence-corrected chi connectivity index (χ3v) is 7.00. The number of allylic oxidation sites excluding steroid dienone is 3. The smallest absolute Gasteiger partial charge is 0.251 e. The summed E-state index contributed by atoms with van der Waals surface area (Å²) in [5.74, 6) is 0.727. The first kappa shape index (κ1) is 27.1. The number of halogens is 3. The molecular formula is C28H34ClF2N5O. The Balaban J connectivity index is 1.57. The SMILES string of the molecule is C=Nc1[nH]cc(C2=CCN(C(CN(C)CC(F)F)c3cccc(Cl)c3)C=C2)c1/C=C(\C)N1CCOCC1. The van der Waals surface area contributed by atoms with Crippen LogP contribution in [0.15, 0.2) is 59.5 Å². The molecule has 1 aromatic heterocycles. The Bertz CT molecular complexity index is 1170. The second-order valence-corrected chi connectivity index (χ2v) is 9.80. The summed E-state index contributed by atoms with van der Waals surface area (Å²) in [5, 5.41) is 0.625. The predicted octanol–water partition coefficient (Wildman–Crippen LogP) is 5.84. The molecule has 1 aromatic carbocycles. The number of benzene rings is 1. The normalized spacial score (nSPS) is 17.5. The van der Waals surface area contributed by atoms with Crippen LogP contribution in [0.1, 0.15) is 29.7 Å². The van der Waals surface area contributed by atoms with Crippen molar-refractivity contribution in [3.05, 3.63) is 76.2 Å². The van der Waals surface area contributed by atoms with Crippen LogP contribution in [-0.2, 0) is 4.74 Å². The highest BCUT2D eigenvalue weighted by Crippen LogP contribution is 2.34. The van der Waals surface area contributed by atoms with Crippen LogP contribution < -0.4 is 0 Å². The predicted molar refractivity (Wildman–Crippen MR) is 148 cm³/mol. The maximum Gasteiger partial charge on any atom is 0.251 e. The maximum absolute atomic E-state index is 13.0. The minimum absolute atomic E-state index is 0.129. The summed E-state index contributed by atoms with van der Waals surface area (Å²) in [5.41, 5.74) is 5.24. The Morgan fingerprint density at radius 3 is 2.73 bits per heavy atom. The van der Waals surface area contributed by atoms with Gasteiger partial charge in [-0.25, -0.2) is 13.8 Å². The van der Waals surface area contributed by atoms with Gasteiger partial charge in [0.1, 0.15) is 5.82 Å². The molecule has 198 valence electrons. The molecule has 1 fully saturated rings. The van der Waals surface area contributed by atoms with Crippen molar-refractivity contribution in [2.75, 3.05) is 53.0 Å². The number of likely N-dealkylation sites (N-methyl/N-ethyl adjacent to an activating group) is 1. The van der Waals surface area contributed by atoms with E-state index in [1.165, 1.54) is 0 Å². The highest BCUT2D eigenvalue weighted by molar-refractivity contribution is 6.30. The summed E-state index contributed by atoms with van der Waals surface area (Å²) in [7, 11) is 1.72. The lowest BCUT2D eigenvalue weighted by atomic mass is 9.99. The number of rotatable bonds is 10. The zero-order valence-corrected chi connectivity index (χ0v) is 22.1. The Morgan fingerprint density at radius 1 is 1.30 bits per heavy atom. The average Bonchev–Trinajstić information content (AvgIpc) is 3.30. The molecule has 2 aliphatic rings. The molecular weight excluding hydrogens is 496 g/mol. The van der Waals surface area contributed by atoms with Crippen molar-refractivity contribution in [1.82, 2.24) is 19.7 Å².